The number of hydrogen-bond acceptors (Lipinski definition) is 0. The molecular weight excluding hydrogens is 333 g/mol. The third kappa shape index (κ3) is 4.08. The molecule has 0 nitrogen and oxygen atoms in total. The molecule has 0 radical (unpaired) electrons. The van der Waals surface area contributed by atoms with Gasteiger partial charge in [-0.25, -0.2) is 0 Å². The predicted octanol–water partition coefficient (Wildman–Crippen LogP) is 5.27. The van der Waals surface area contributed by atoms with Gasteiger partial charge in [0.1, 0.15) is 0 Å². The van der Waals surface area contributed by atoms with Gasteiger partial charge < -0.3 is 0 Å². The van der Waals surface area contributed by atoms with Crippen LogP contribution >= 0.6 is 27.7 Å². The van der Waals surface area contributed by atoms with Crippen molar-refractivity contribution in [3.8, 4) is 22.3 Å². The van der Waals surface area contributed by atoms with Crippen molar-refractivity contribution in [1.29, 1.82) is 0 Å². The van der Waals surface area contributed by atoms with E-state index in [0.717, 1.165) is 12.3 Å². The highest BCUT2D eigenvalue weighted by Gasteiger charge is 2.04. The molecule has 3 aromatic carbocycles. The zero-order valence-corrected chi connectivity index (χ0v) is 16.5. The van der Waals surface area contributed by atoms with E-state index >= 15 is 0 Å². The molecule has 0 amide bonds. The van der Waals surface area contributed by atoms with E-state index < -0.39 is 0 Å². The van der Waals surface area contributed by atoms with Crippen molar-refractivity contribution < 1.29 is 0 Å². The summed E-state index contributed by atoms with van der Waals surface area (Å²) in [4.78, 5) is 0. The van der Waals surface area contributed by atoms with Crippen LogP contribution in [0.15, 0.2) is 66.7 Å². The SMILES string of the molecule is PCc1ccc(-c2cc(P)cc(-c3ccc(CP)cc3)c2)cc1. The first-order valence-corrected chi connectivity index (χ1v) is 9.90. The summed E-state index contributed by atoms with van der Waals surface area (Å²) in [5.41, 5.74) is 7.73. The second-order valence-corrected chi connectivity index (χ2v) is 7.13. The van der Waals surface area contributed by atoms with E-state index in [-0.39, 0.29) is 0 Å². The molecule has 0 fully saturated rings. The maximum atomic E-state index is 2.83. The van der Waals surface area contributed by atoms with E-state index in [0.29, 0.717) is 0 Å². The number of benzene rings is 3. The minimum absolute atomic E-state index is 0.997. The first-order chi connectivity index (χ1) is 11.2. The molecular formula is C20H21P3. The smallest absolute Gasteiger partial charge is 0.0128 e. The predicted molar refractivity (Wildman–Crippen MR) is 113 cm³/mol. The quantitative estimate of drug-likeness (QED) is 0.560. The molecule has 0 aromatic heterocycles. The molecule has 0 spiro atoms. The average Bonchev–Trinajstić information content (AvgIpc) is 2.61. The zero-order chi connectivity index (χ0) is 16.2. The van der Waals surface area contributed by atoms with Gasteiger partial charge in [-0.05, 0) is 69.2 Å². The van der Waals surface area contributed by atoms with Gasteiger partial charge in [-0.2, -0.15) is 0 Å². The van der Waals surface area contributed by atoms with Gasteiger partial charge in [0.2, 0.25) is 0 Å². The average molecular weight is 354 g/mol. The lowest BCUT2D eigenvalue weighted by molar-refractivity contribution is 1.41. The largest absolute Gasteiger partial charge is 0.133 e. The van der Waals surface area contributed by atoms with E-state index in [1.54, 1.807) is 0 Å². The van der Waals surface area contributed by atoms with Gasteiger partial charge in [0.05, 0.1) is 0 Å². The molecule has 3 rings (SSSR count). The van der Waals surface area contributed by atoms with Crippen LogP contribution in [0, 0.1) is 0 Å². The van der Waals surface area contributed by atoms with E-state index in [1.807, 2.05) is 0 Å². The van der Waals surface area contributed by atoms with Gasteiger partial charge in [-0.1, -0.05) is 48.5 Å². The molecule has 23 heavy (non-hydrogen) atoms. The summed E-state index contributed by atoms with van der Waals surface area (Å²) in [5, 5.41) is 1.21. The van der Waals surface area contributed by atoms with Crippen molar-refractivity contribution in [2.75, 3.05) is 0 Å². The molecule has 3 unspecified atom stereocenters. The minimum Gasteiger partial charge on any atom is -0.133 e. The summed E-state index contributed by atoms with van der Waals surface area (Å²) in [6, 6.07) is 24.4. The van der Waals surface area contributed by atoms with Crippen LogP contribution in [0.4, 0.5) is 0 Å². The van der Waals surface area contributed by atoms with Gasteiger partial charge in [-0.15, -0.1) is 27.7 Å². The lowest BCUT2D eigenvalue weighted by Crippen LogP contribution is -1.94. The van der Waals surface area contributed by atoms with Crippen LogP contribution in [0.2, 0.25) is 0 Å². The number of rotatable bonds is 4. The Morgan fingerprint density at radius 2 is 0.913 bits per heavy atom. The van der Waals surface area contributed by atoms with Crippen LogP contribution < -0.4 is 5.30 Å². The van der Waals surface area contributed by atoms with Crippen molar-refractivity contribution in [2.45, 2.75) is 12.3 Å². The first-order valence-electron chi connectivity index (χ1n) is 7.69. The third-order valence-corrected chi connectivity index (χ3v) is 5.28. The van der Waals surface area contributed by atoms with Crippen molar-refractivity contribution in [1.82, 2.24) is 0 Å². The van der Waals surface area contributed by atoms with Crippen LogP contribution in [0.1, 0.15) is 11.1 Å². The molecule has 0 saturated carbocycles. The highest BCUT2D eigenvalue weighted by molar-refractivity contribution is 7.27. The van der Waals surface area contributed by atoms with Crippen molar-refractivity contribution in [2.24, 2.45) is 0 Å². The molecule has 3 atom stereocenters. The van der Waals surface area contributed by atoms with Gasteiger partial charge in [0.15, 0.2) is 0 Å². The van der Waals surface area contributed by atoms with Crippen LogP contribution in [-0.4, -0.2) is 0 Å². The lowest BCUT2D eigenvalue weighted by Gasteiger charge is -2.09. The van der Waals surface area contributed by atoms with Crippen LogP contribution in [0.5, 0.6) is 0 Å². The van der Waals surface area contributed by atoms with Crippen LogP contribution in [-0.2, 0) is 12.3 Å². The Balaban J connectivity index is 2.00. The standard InChI is InChI=1S/C20H21P3/c21-12-14-1-5-16(6-2-14)18-9-19(11-20(23)10-18)17-7-3-15(13-22)4-8-17/h1-11H,12-13,21-23H2. The summed E-state index contributed by atoms with van der Waals surface area (Å²) in [6.45, 7) is 0. The van der Waals surface area contributed by atoms with Gasteiger partial charge in [0, 0.05) is 0 Å². The van der Waals surface area contributed by atoms with Crippen molar-refractivity contribution >= 4 is 33.0 Å². The normalized spacial score (nSPS) is 10.7. The summed E-state index contributed by atoms with van der Waals surface area (Å²) in [5.74, 6) is 0. The van der Waals surface area contributed by atoms with E-state index in [1.165, 1.54) is 38.7 Å². The lowest BCUT2D eigenvalue weighted by atomic mass is 9.98. The summed E-state index contributed by atoms with van der Waals surface area (Å²) in [6.07, 6.45) is 1.99. The fourth-order valence-electron chi connectivity index (χ4n) is 2.65. The Hall–Kier alpha value is -1.05. The Morgan fingerprint density at radius 3 is 1.26 bits per heavy atom. The maximum Gasteiger partial charge on any atom is -0.0128 e. The second kappa shape index (κ2) is 7.68. The van der Waals surface area contributed by atoms with Crippen molar-refractivity contribution in [3.63, 3.8) is 0 Å². The van der Waals surface area contributed by atoms with Gasteiger partial charge in [-0.3, -0.25) is 0 Å². The molecule has 0 aliphatic carbocycles. The van der Waals surface area contributed by atoms with Crippen LogP contribution in [0.3, 0.4) is 0 Å². The first kappa shape index (κ1) is 16.8. The molecule has 0 saturated heterocycles. The Kier molecular flexibility index (Phi) is 5.61. The fraction of sp³-hybridized carbons (Fsp3) is 0.100. The Morgan fingerprint density at radius 1 is 0.522 bits per heavy atom. The topological polar surface area (TPSA) is 0 Å². The van der Waals surface area contributed by atoms with Gasteiger partial charge >= 0.3 is 0 Å². The molecule has 3 heteroatoms. The third-order valence-electron chi connectivity index (χ3n) is 4.00. The van der Waals surface area contributed by atoms with E-state index in [2.05, 4.69) is 94.4 Å². The molecule has 0 N–H and O–H groups in total. The zero-order valence-electron chi connectivity index (χ0n) is 13.0. The molecule has 0 aliphatic heterocycles. The summed E-state index contributed by atoms with van der Waals surface area (Å²) >= 11 is 0. The fourth-order valence-corrected chi connectivity index (χ4v) is 3.55. The van der Waals surface area contributed by atoms with E-state index in [4.69, 9.17) is 0 Å². The minimum atomic E-state index is 0.997. The molecule has 0 bridgehead atoms. The van der Waals surface area contributed by atoms with Gasteiger partial charge in [0.25, 0.3) is 0 Å². The van der Waals surface area contributed by atoms with Crippen LogP contribution in [0.25, 0.3) is 22.3 Å². The highest BCUT2D eigenvalue weighted by atomic mass is 31.0. The highest BCUT2D eigenvalue weighted by Crippen LogP contribution is 2.27. The number of hydrogen-bond donors (Lipinski definition) is 0. The molecule has 0 heterocycles. The van der Waals surface area contributed by atoms with Crippen molar-refractivity contribution in [3.05, 3.63) is 77.9 Å². The monoisotopic (exact) mass is 354 g/mol. The molecule has 3 aromatic rings. The maximum absolute atomic E-state index is 2.83. The summed E-state index contributed by atoms with van der Waals surface area (Å²) in [7, 11) is 8.37. The molecule has 116 valence electrons. The Bertz CT molecular complexity index is 724. The molecule has 0 aliphatic rings. The van der Waals surface area contributed by atoms with E-state index in [9.17, 15) is 0 Å². The second-order valence-electron chi connectivity index (χ2n) is 5.65. The summed E-state index contributed by atoms with van der Waals surface area (Å²) < 4.78 is 0. The Labute approximate surface area is 145 Å².